The summed E-state index contributed by atoms with van der Waals surface area (Å²) in [5, 5.41) is 3.70. The molecule has 128 valence electrons. The minimum Gasteiger partial charge on any atom is -0.314 e. The number of hydrogen-bond donors (Lipinski definition) is 1. The molecule has 1 unspecified atom stereocenters. The molecule has 1 saturated heterocycles. The maximum absolute atomic E-state index is 13.5. The van der Waals surface area contributed by atoms with Gasteiger partial charge in [0, 0.05) is 18.9 Å². The molecular formula is C19H33F2N. The Labute approximate surface area is 134 Å². The maximum atomic E-state index is 13.5. The van der Waals surface area contributed by atoms with Crippen LogP contribution in [0.25, 0.3) is 0 Å². The molecule has 0 bridgehead atoms. The van der Waals surface area contributed by atoms with Crippen molar-refractivity contribution in [2.24, 2.45) is 17.8 Å². The van der Waals surface area contributed by atoms with Crippen LogP contribution in [0, 0.1) is 17.8 Å². The van der Waals surface area contributed by atoms with Crippen LogP contribution in [0.2, 0.25) is 0 Å². The van der Waals surface area contributed by atoms with Crippen molar-refractivity contribution < 1.29 is 8.78 Å². The lowest BCUT2D eigenvalue weighted by molar-refractivity contribution is -0.0585. The van der Waals surface area contributed by atoms with E-state index < -0.39 is 5.92 Å². The fourth-order valence-corrected chi connectivity index (χ4v) is 5.28. The second kappa shape index (κ2) is 7.59. The number of hydrogen-bond acceptors (Lipinski definition) is 1. The van der Waals surface area contributed by atoms with Gasteiger partial charge in [-0.1, -0.05) is 38.5 Å². The monoisotopic (exact) mass is 313 g/mol. The maximum Gasteiger partial charge on any atom is 0.248 e. The highest BCUT2D eigenvalue weighted by atomic mass is 19.3. The fourth-order valence-electron chi connectivity index (χ4n) is 5.28. The minimum atomic E-state index is -2.38. The van der Waals surface area contributed by atoms with E-state index in [-0.39, 0.29) is 12.8 Å². The lowest BCUT2D eigenvalue weighted by atomic mass is 9.66. The highest BCUT2D eigenvalue weighted by Gasteiger charge is 2.40. The van der Waals surface area contributed by atoms with Gasteiger partial charge < -0.3 is 5.32 Å². The van der Waals surface area contributed by atoms with Gasteiger partial charge in [-0.05, 0) is 56.4 Å². The summed E-state index contributed by atoms with van der Waals surface area (Å²) in [5.74, 6) is -0.302. The molecule has 3 aliphatic rings. The summed E-state index contributed by atoms with van der Waals surface area (Å²) in [6, 6.07) is 0.656. The highest BCUT2D eigenvalue weighted by Crippen LogP contribution is 2.46. The zero-order chi connectivity index (χ0) is 15.4. The molecule has 2 atom stereocenters. The molecule has 2 aliphatic carbocycles. The minimum absolute atomic E-state index is 0.138. The molecule has 22 heavy (non-hydrogen) atoms. The van der Waals surface area contributed by atoms with Gasteiger partial charge in [-0.15, -0.1) is 0 Å². The molecule has 0 spiro atoms. The predicted molar refractivity (Wildman–Crippen MR) is 87.2 cm³/mol. The summed E-state index contributed by atoms with van der Waals surface area (Å²) >= 11 is 0. The van der Waals surface area contributed by atoms with Gasteiger partial charge in [0.05, 0.1) is 0 Å². The van der Waals surface area contributed by atoms with Crippen LogP contribution in [-0.2, 0) is 0 Å². The molecule has 0 aromatic rings. The Morgan fingerprint density at radius 2 is 1.45 bits per heavy atom. The topological polar surface area (TPSA) is 12.0 Å². The molecule has 3 heteroatoms. The summed E-state index contributed by atoms with van der Waals surface area (Å²) in [7, 11) is 0. The third-order valence-electron chi connectivity index (χ3n) is 6.59. The van der Waals surface area contributed by atoms with E-state index in [0.29, 0.717) is 17.9 Å². The van der Waals surface area contributed by atoms with Crippen molar-refractivity contribution in [2.45, 2.75) is 95.4 Å². The zero-order valence-corrected chi connectivity index (χ0v) is 14.0. The second-order valence-electron chi connectivity index (χ2n) is 8.14. The van der Waals surface area contributed by atoms with Gasteiger partial charge in [-0.2, -0.15) is 0 Å². The Morgan fingerprint density at radius 1 is 0.818 bits per heavy atom. The van der Waals surface area contributed by atoms with Gasteiger partial charge in [0.2, 0.25) is 5.92 Å². The van der Waals surface area contributed by atoms with E-state index in [4.69, 9.17) is 0 Å². The molecule has 3 fully saturated rings. The van der Waals surface area contributed by atoms with E-state index >= 15 is 0 Å². The molecule has 2 saturated carbocycles. The number of nitrogens with one attached hydrogen (secondary N) is 1. The molecule has 0 radical (unpaired) electrons. The predicted octanol–water partition coefficient (Wildman–Crippen LogP) is 5.54. The van der Waals surface area contributed by atoms with E-state index in [0.717, 1.165) is 25.3 Å². The van der Waals surface area contributed by atoms with Gasteiger partial charge in [-0.25, -0.2) is 8.78 Å². The Balaban J connectivity index is 1.62. The van der Waals surface area contributed by atoms with Crippen LogP contribution in [0.4, 0.5) is 8.78 Å². The average molecular weight is 313 g/mol. The zero-order valence-electron chi connectivity index (χ0n) is 14.0. The lowest BCUT2D eigenvalue weighted by Crippen LogP contribution is -2.40. The summed E-state index contributed by atoms with van der Waals surface area (Å²) in [5.41, 5.74) is 0. The standard InChI is InChI=1S/C19H33F2N/c20-19(21)11-9-16(10-12-19)18(15-6-2-1-3-7-15)14-17-8-4-5-13-22-17/h15-18,22H,1-14H2/t17-,18?/m1/s1. The first-order valence-electron chi connectivity index (χ1n) is 9.75. The molecular weight excluding hydrogens is 280 g/mol. The van der Waals surface area contributed by atoms with Crippen LogP contribution < -0.4 is 5.32 Å². The lowest BCUT2D eigenvalue weighted by Gasteiger charge is -2.41. The number of halogens is 2. The first-order chi connectivity index (χ1) is 10.6. The van der Waals surface area contributed by atoms with Crippen molar-refractivity contribution in [3.8, 4) is 0 Å². The van der Waals surface area contributed by atoms with Crippen LogP contribution in [-0.4, -0.2) is 18.5 Å². The van der Waals surface area contributed by atoms with Crippen LogP contribution in [0.15, 0.2) is 0 Å². The van der Waals surface area contributed by atoms with Crippen molar-refractivity contribution in [3.63, 3.8) is 0 Å². The molecule has 1 nitrogen and oxygen atoms in total. The molecule has 3 rings (SSSR count). The number of rotatable bonds is 4. The van der Waals surface area contributed by atoms with Gasteiger partial charge in [0.15, 0.2) is 0 Å². The van der Waals surface area contributed by atoms with E-state index in [1.807, 2.05) is 0 Å². The van der Waals surface area contributed by atoms with E-state index in [9.17, 15) is 8.78 Å². The first-order valence-corrected chi connectivity index (χ1v) is 9.75. The average Bonchev–Trinajstić information content (AvgIpc) is 2.55. The van der Waals surface area contributed by atoms with Gasteiger partial charge in [-0.3, -0.25) is 0 Å². The smallest absolute Gasteiger partial charge is 0.248 e. The van der Waals surface area contributed by atoms with Crippen LogP contribution in [0.5, 0.6) is 0 Å². The molecule has 1 heterocycles. The summed E-state index contributed by atoms with van der Waals surface area (Å²) in [6.45, 7) is 1.16. The quantitative estimate of drug-likeness (QED) is 0.718. The fraction of sp³-hybridized carbons (Fsp3) is 1.00. The van der Waals surface area contributed by atoms with Crippen molar-refractivity contribution in [3.05, 3.63) is 0 Å². The van der Waals surface area contributed by atoms with Gasteiger partial charge >= 0.3 is 0 Å². The van der Waals surface area contributed by atoms with Gasteiger partial charge in [0.25, 0.3) is 0 Å². The van der Waals surface area contributed by atoms with Crippen molar-refractivity contribution in [1.82, 2.24) is 5.32 Å². The Kier molecular flexibility index (Phi) is 5.75. The largest absolute Gasteiger partial charge is 0.314 e. The second-order valence-corrected chi connectivity index (χ2v) is 8.14. The van der Waals surface area contributed by atoms with Crippen molar-refractivity contribution >= 4 is 0 Å². The number of piperidine rings is 1. The Hall–Kier alpha value is -0.180. The third kappa shape index (κ3) is 4.43. The van der Waals surface area contributed by atoms with Crippen LogP contribution in [0.3, 0.4) is 0 Å². The summed E-state index contributed by atoms with van der Waals surface area (Å²) in [4.78, 5) is 0. The number of alkyl halides is 2. The molecule has 1 aliphatic heterocycles. The molecule has 0 amide bonds. The molecule has 0 aromatic carbocycles. The van der Waals surface area contributed by atoms with Crippen molar-refractivity contribution in [1.29, 1.82) is 0 Å². The molecule has 1 N–H and O–H groups in total. The first kappa shape index (κ1) is 16.7. The highest BCUT2D eigenvalue weighted by molar-refractivity contribution is 4.88. The SMILES string of the molecule is FC1(F)CCC(C(C[C@H]2CCCCN2)C2CCCCC2)CC1. The van der Waals surface area contributed by atoms with E-state index in [2.05, 4.69) is 5.32 Å². The van der Waals surface area contributed by atoms with E-state index in [1.165, 1.54) is 57.8 Å². The van der Waals surface area contributed by atoms with Gasteiger partial charge in [0.1, 0.15) is 0 Å². The summed E-state index contributed by atoms with van der Waals surface area (Å²) < 4.78 is 27.1. The summed E-state index contributed by atoms with van der Waals surface area (Å²) in [6.07, 6.45) is 13.8. The Morgan fingerprint density at radius 3 is 2.09 bits per heavy atom. The van der Waals surface area contributed by atoms with E-state index in [1.54, 1.807) is 0 Å². The normalized spacial score (nSPS) is 32.7. The third-order valence-corrected chi connectivity index (χ3v) is 6.59. The van der Waals surface area contributed by atoms with Crippen molar-refractivity contribution in [2.75, 3.05) is 6.54 Å². The molecule has 0 aromatic heterocycles. The van der Waals surface area contributed by atoms with Crippen LogP contribution in [0.1, 0.15) is 83.5 Å². The Bertz CT molecular complexity index is 322. The van der Waals surface area contributed by atoms with Crippen LogP contribution >= 0.6 is 0 Å².